The maximum absolute atomic E-state index is 2.36. The monoisotopic (exact) mass is 184 g/mol. The topological polar surface area (TPSA) is 0 Å². The van der Waals surface area contributed by atoms with Gasteiger partial charge in [0.15, 0.2) is 0 Å². The Hall–Kier alpha value is -1.30. The highest BCUT2D eigenvalue weighted by atomic mass is 14.2. The summed E-state index contributed by atoms with van der Waals surface area (Å²) in [5.41, 5.74) is 5.88. The Balaban J connectivity index is 2.36. The molecule has 72 valence electrons. The van der Waals surface area contributed by atoms with Gasteiger partial charge in [-0.15, -0.1) is 0 Å². The van der Waals surface area contributed by atoms with Gasteiger partial charge in [0.25, 0.3) is 0 Å². The summed E-state index contributed by atoms with van der Waals surface area (Å²) < 4.78 is 0. The van der Waals surface area contributed by atoms with Gasteiger partial charge in [-0.2, -0.15) is 0 Å². The minimum Gasteiger partial charge on any atom is -0.0766 e. The maximum Gasteiger partial charge on any atom is -0.00829 e. The maximum atomic E-state index is 2.36. The summed E-state index contributed by atoms with van der Waals surface area (Å²) in [7, 11) is 0. The zero-order valence-corrected chi connectivity index (χ0v) is 8.88. The third kappa shape index (κ3) is 1.52. The van der Waals surface area contributed by atoms with Crippen molar-refractivity contribution in [2.45, 2.75) is 26.7 Å². The Bertz CT molecular complexity index is 380. The highest BCUT2D eigenvalue weighted by Crippen LogP contribution is 2.34. The van der Waals surface area contributed by atoms with Gasteiger partial charge in [-0.1, -0.05) is 43.3 Å². The van der Waals surface area contributed by atoms with Gasteiger partial charge in [0.2, 0.25) is 0 Å². The zero-order chi connectivity index (χ0) is 9.97. The van der Waals surface area contributed by atoms with Crippen LogP contribution in [0.4, 0.5) is 0 Å². The normalized spacial score (nSPS) is 16.0. The average Bonchev–Trinajstić information content (AvgIpc) is 2.61. The third-order valence-electron chi connectivity index (χ3n) is 2.99. The fraction of sp³-hybridized carbons (Fsp3) is 0.286. The molecule has 0 fully saturated rings. The molecule has 0 aliphatic heterocycles. The summed E-state index contributed by atoms with van der Waals surface area (Å²) in [6.45, 7) is 4.47. The lowest BCUT2D eigenvalue weighted by Gasteiger charge is -2.05. The van der Waals surface area contributed by atoms with Crippen molar-refractivity contribution in [2.24, 2.45) is 0 Å². The van der Waals surface area contributed by atoms with Gasteiger partial charge in [0.05, 0.1) is 0 Å². The van der Waals surface area contributed by atoms with E-state index in [2.05, 4.69) is 50.3 Å². The van der Waals surface area contributed by atoms with Crippen LogP contribution in [0.2, 0.25) is 0 Å². The van der Waals surface area contributed by atoms with Gasteiger partial charge in [-0.3, -0.25) is 0 Å². The molecule has 0 N–H and O–H groups in total. The molecule has 0 spiro atoms. The highest BCUT2D eigenvalue weighted by Gasteiger charge is 2.13. The Morgan fingerprint density at radius 1 is 1.14 bits per heavy atom. The van der Waals surface area contributed by atoms with Crippen molar-refractivity contribution in [2.75, 3.05) is 0 Å². The van der Waals surface area contributed by atoms with E-state index in [-0.39, 0.29) is 0 Å². The molecule has 0 bridgehead atoms. The largest absolute Gasteiger partial charge is 0.0766 e. The lowest BCUT2D eigenvalue weighted by atomic mass is 10.00. The van der Waals surface area contributed by atoms with Crippen molar-refractivity contribution >= 4 is 5.57 Å². The van der Waals surface area contributed by atoms with Crippen molar-refractivity contribution in [1.82, 2.24) is 0 Å². The standard InChI is InChI=1S/C14H16/c1-3-12-9-10-14(11(12)2)13-7-5-4-6-8-13/h4-9H,3,10H2,1-2H3. The van der Waals surface area contributed by atoms with Gasteiger partial charge in [0, 0.05) is 0 Å². The summed E-state index contributed by atoms with van der Waals surface area (Å²) >= 11 is 0. The van der Waals surface area contributed by atoms with E-state index in [0.29, 0.717) is 0 Å². The SMILES string of the molecule is CCC1=CCC(c2ccccc2)=C1C. The fourth-order valence-corrected chi connectivity index (χ4v) is 2.11. The van der Waals surface area contributed by atoms with E-state index in [4.69, 9.17) is 0 Å². The first-order valence-corrected chi connectivity index (χ1v) is 5.27. The lowest BCUT2D eigenvalue weighted by Crippen LogP contribution is -1.84. The molecule has 0 nitrogen and oxygen atoms in total. The van der Waals surface area contributed by atoms with E-state index in [9.17, 15) is 0 Å². The van der Waals surface area contributed by atoms with E-state index < -0.39 is 0 Å². The molecular weight excluding hydrogens is 168 g/mol. The second-order valence-electron chi connectivity index (χ2n) is 3.76. The Morgan fingerprint density at radius 2 is 1.86 bits per heavy atom. The molecular formula is C14H16. The molecule has 0 saturated carbocycles. The second kappa shape index (κ2) is 3.83. The van der Waals surface area contributed by atoms with Gasteiger partial charge in [-0.25, -0.2) is 0 Å². The summed E-state index contributed by atoms with van der Waals surface area (Å²) in [4.78, 5) is 0. The minimum absolute atomic E-state index is 1.11. The van der Waals surface area contributed by atoms with Crippen LogP contribution in [-0.2, 0) is 0 Å². The zero-order valence-electron chi connectivity index (χ0n) is 8.88. The second-order valence-corrected chi connectivity index (χ2v) is 3.76. The van der Waals surface area contributed by atoms with Crippen molar-refractivity contribution in [3.63, 3.8) is 0 Å². The summed E-state index contributed by atoms with van der Waals surface area (Å²) in [5.74, 6) is 0. The molecule has 1 aliphatic carbocycles. The number of allylic oxidation sites excluding steroid dienone is 4. The van der Waals surface area contributed by atoms with E-state index in [1.165, 1.54) is 22.3 Å². The number of hydrogen-bond donors (Lipinski definition) is 0. The van der Waals surface area contributed by atoms with Gasteiger partial charge >= 0.3 is 0 Å². The quantitative estimate of drug-likeness (QED) is 0.646. The van der Waals surface area contributed by atoms with Crippen LogP contribution in [0.1, 0.15) is 32.3 Å². The molecule has 0 radical (unpaired) electrons. The first-order valence-electron chi connectivity index (χ1n) is 5.27. The summed E-state index contributed by atoms with van der Waals surface area (Å²) in [6.07, 6.45) is 4.62. The average molecular weight is 184 g/mol. The number of benzene rings is 1. The van der Waals surface area contributed by atoms with Crippen LogP contribution in [0.25, 0.3) is 5.57 Å². The Labute approximate surface area is 86.0 Å². The van der Waals surface area contributed by atoms with E-state index in [1.54, 1.807) is 0 Å². The van der Waals surface area contributed by atoms with Crippen LogP contribution in [0.5, 0.6) is 0 Å². The lowest BCUT2D eigenvalue weighted by molar-refractivity contribution is 1.11. The van der Waals surface area contributed by atoms with Crippen LogP contribution >= 0.6 is 0 Å². The van der Waals surface area contributed by atoms with Crippen molar-refractivity contribution < 1.29 is 0 Å². The number of hydrogen-bond acceptors (Lipinski definition) is 0. The predicted molar refractivity (Wildman–Crippen MR) is 62.0 cm³/mol. The van der Waals surface area contributed by atoms with Crippen LogP contribution < -0.4 is 0 Å². The molecule has 1 aliphatic rings. The molecule has 1 aromatic carbocycles. The molecule has 0 saturated heterocycles. The Morgan fingerprint density at radius 3 is 2.43 bits per heavy atom. The van der Waals surface area contributed by atoms with Crippen molar-refractivity contribution in [3.8, 4) is 0 Å². The molecule has 0 atom stereocenters. The fourth-order valence-electron chi connectivity index (χ4n) is 2.11. The van der Waals surface area contributed by atoms with E-state index in [0.717, 1.165) is 12.8 Å². The molecule has 2 rings (SSSR count). The Kier molecular flexibility index (Phi) is 2.53. The highest BCUT2D eigenvalue weighted by molar-refractivity contribution is 5.76. The van der Waals surface area contributed by atoms with Crippen LogP contribution in [0, 0.1) is 0 Å². The smallest absolute Gasteiger partial charge is 0.00829 e. The van der Waals surface area contributed by atoms with Gasteiger partial charge < -0.3 is 0 Å². The predicted octanol–water partition coefficient (Wildman–Crippen LogP) is 4.20. The molecule has 0 aromatic heterocycles. The molecule has 14 heavy (non-hydrogen) atoms. The molecule has 0 heterocycles. The van der Waals surface area contributed by atoms with Gasteiger partial charge in [-0.05, 0) is 42.0 Å². The van der Waals surface area contributed by atoms with Crippen molar-refractivity contribution in [3.05, 3.63) is 53.1 Å². The summed E-state index contributed by atoms with van der Waals surface area (Å²) in [5, 5.41) is 0. The molecule has 1 aromatic rings. The van der Waals surface area contributed by atoms with E-state index >= 15 is 0 Å². The van der Waals surface area contributed by atoms with Gasteiger partial charge in [0.1, 0.15) is 0 Å². The van der Waals surface area contributed by atoms with E-state index in [1.807, 2.05) is 0 Å². The molecule has 0 unspecified atom stereocenters. The van der Waals surface area contributed by atoms with Crippen LogP contribution in [0.15, 0.2) is 47.6 Å². The third-order valence-corrected chi connectivity index (χ3v) is 2.99. The van der Waals surface area contributed by atoms with Crippen LogP contribution in [-0.4, -0.2) is 0 Å². The molecule has 0 amide bonds. The van der Waals surface area contributed by atoms with Crippen molar-refractivity contribution in [1.29, 1.82) is 0 Å². The molecule has 0 heteroatoms. The van der Waals surface area contributed by atoms with Crippen LogP contribution in [0.3, 0.4) is 0 Å². The summed E-state index contributed by atoms with van der Waals surface area (Å²) in [6, 6.07) is 10.7. The number of rotatable bonds is 2. The first-order chi connectivity index (χ1) is 6.83. The first kappa shape index (κ1) is 9.26. The minimum atomic E-state index is 1.11.